The molecule has 4 heteroatoms. The monoisotopic (exact) mass is 276 g/mol. The topological polar surface area (TPSA) is 52.6 Å². The number of esters is 1. The van der Waals surface area contributed by atoms with Crippen LogP contribution in [0.4, 0.5) is 0 Å². The molecular weight excluding hydrogens is 256 g/mol. The summed E-state index contributed by atoms with van der Waals surface area (Å²) in [6.45, 7) is 8.70. The molecular formula is C16H20O4. The number of ether oxygens (including phenoxy) is 2. The van der Waals surface area contributed by atoms with Crippen LogP contribution < -0.4 is 4.74 Å². The standard InChI is InChI=1S/C16H20O4/c1-5-7-16(20-15(18)6-2)19-13-8-9-14(12(4)17)11(3)10-13/h6,8-10,16H,2,5,7H2,1,3-4H3. The molecule has 4 nitrogen and oxygen atoms in total. The van der Waals surface area contributed by atoms with Gasteiger partial charge in [-0.15, -0.1) is 0 Å². The minimum absolute atomic E-state index is 0.0113. The molecule has 0 aliphatic rings. The third-order valence-corrected chi connectivity index (χ3v) is 2.78. The normalized spacial score (nSPS) is 11.6. The number of benzene rings is 1. The predicted octanol–water partition coefficient (Wildman–Crippen LogP) is 3.43. The van der Waals surface area contributed by atoms with Crippen molar-refractivity contribution < 1.29 is 19.1 Å². The summed E-state index contributed by atoms with van der Waals surface area (Å²) in [7, 11) is 0. The van der Waals surface area contributed by atoms with Crippen LogP contribution in [-0.2, 0) is 9.53 Å². The molecule has 0 heterocycles. The molecule has 1 atom stereocenters. The SMILES string of the molecule is C=CC(=O)OC(CCC)Oc1ccc(C(C)=O)c(C)c1. The van der Waals surface area contributed by atoms with Gasteiger partial charge in [0.25, 0.3) is 0 Å². The van der Waals surface area contributed by atoms with E-state index in [0.29, 0.717) is 17.7 Å². The van der Waals surface area contributed by atoms with E-state index in [0.717, 1.165) is 18.1 Å². The lowest BCUT2D eigenvalue weighted by Gasteiger charge is -2.18. The number of hydrogen-bond acceptors (Lipinski definition) is 4. The Kier molecular flexibility index (Phi) is 5.97. The smallest absolute Gasteiger partial charge is 0.333 e. The molecule has 0 saturated carbocycles. The van der Waals surface area contributed by atoms with E-state index in [4.69, 9.17) is 9.47 Å². The van der Waals surface area contributed by atoms with Crippen LogP contribution in [0.1, 0.15) is 42.6 Å². The number of rotatable bonds is 7. The number of carbonyl (C=O) groups is 2. The zero-order valence-electron chi connectivity index (χ0n) is 12.1. The van der Waals surface area contributed by atoms with Gasteiger partial charge in [-0.05, 0) is 44.0 Å². The third-order valence-electron chi connectivity index (χ3n) is 2.78. The Bertz CT molecular complexity index is 505. The van der Waals surface area contributed by atoms with E-state index in [2.05, 4.69) is 6.58 Å². The highest BCUT2D eigenvalue weighted by molar-refractivity contribution is 5.95. The molecule has 0 amide bonds. The van der Waals surface area contributed by atoms with E-state index < -0.39 is 12.3 Å². The molecule has 0 aromatic heterocycles. The van der Waals surface area contributed by atoms with Crippen LogP contribution in [-0.4, -0.2) is 18.0 Å². The number of Topliss-reactive ketones (excluding diaryl/α,β-unsaturated/α-hetero) is 1. The largest absolute Gasteiger partial charge is 0.455 e. The van der Waals surface area contributed by atoms with Crippen LogP contribution in [0.2, 0.25) is 0 Å². The quantitative estimate of drug-likeness (QED) is 0.331. The first kappa shape index (κ1) is 16.0. The fraction of sp³-hybridized carbons (Fsp3) is 0.375. The summed E-state index contributed by atoms with van der Waals surface area (Å²) in [5.41, 5.74) is 1.49. The van der Waals surface area contributed by atoms with Crippen molar-refractivity contribution in [1.29, 1.82) is 0 Å². The molecule has 0 aliphatic carbocycles. The van der Waals surface area contributed by atoms with Gasteiger partial charge in [-0.2, -0.15) is 0 Å². The van der Waals surface area contributed by atoms with Crippen molar-refractivity contribution in [3.05, 3.63) is 42.0 Å². The average Bonchev–Trinajstić information content (AvgIpc) is 2.38. The highest BCUT2D eigenvalue weighted by atomic mass is 16.7. The van der Waals surface area contributed by atoms with Crippen molar-refractivity contribution in [3.8, 4) is 5.75 Å². The molecule has 0 aliphatic heterocycles. The van der Waals surface area contributed by atoms with Crippen LogP contribution >= 0.6 is 0 Å². The van der Waals surface area contributed by atoms with Gasteiger partial charge in [0.15, 0.2) is 5.78 Å². The van der Waals surface area contributed by atoms with Crippen molar-refractivity contribution in [2.45, 2.75) is 39.9 Å². The summed E-state index contributed by atoms with van der Waals surface area (Å²) in [5.74, 6) is 0.0700. The van der Waals surface area contributed by atoms with Crippen LogP contribution in [0.25, 0.3) is 0 Å². The van der Waals surface area contributed by atoms with Crippen molar-refractivity contribution >= 4 is 11.8 Å². The first-order valence-corrected chi connectivity index (χ1v) is 6.59. The van der Waals surface area contributed by atoms with Gasteiger partial charge in [-0.25, -0.2) is 4.79 Å². The van der Waals surface area contributed by atoms with E-state index in [1.807, 2.05) is 13.8 Å². The second-order valence-electron chi connectivity index (χ2n) is 4.51. The number of ketones is 1. The Labute approximate surface area is 119 Å². The van der Waals surface area contributed by atoms with Crippen LogP contribution in [0, 0.1) is 6.92 Å². The molecule has 1 aromatic carbocycles. The van der Waals surface area contributed by atoms with Gasteiger partial charge in [0, 0.05) is 18.1 Å². The molecule has 20 heavy (non-hydrogen) atoms. The minimum Gasteiger partial charge on any atom is -0.455 e. The lowest BCUT2D eigenvalue weighted by atomic mass is 10.1. The summed E-state index contributed by atoms with van der Waals surface area (Å²) in [6.07, 6.45) is 1.87. The van der Waals surface area contributed by atoms with Gasteiger partial charge in [0.05, 0.1) is 0 Å². The van der Waals surface area contributed by atoms with Gasteiger partial charge >= 0.3 is 5.97 Å². The molecule has 1 unspecified atom stereocenters. The summed E-state index contributed by atoms with van der Waals surface area (Å²) in [6, 6.07) is 5.18. The highest BCUT2D eigenvalue weighted by Crippen LogP contribution is 2.20. The maximum absolute atomic E-state index is 11.4. The zero-order chi connectivity index (χ0) is 15.1. The number of hydrogen-bond donors (Lipinski definition) is 0. The first-order chi connectivity index (χ1) is 9.47. The van der Waals surface area contributed by atoms with E-state index in [1.54, 1.807) is 18.2 Å². The second kappa shape index (κ2) is 7.48. The van der Waals surface area contributed by atoms with E-state index in [-0.39, 0.29) is 5.78 Å². The maximum Gasteiger partial charge on any atom is 0.333 e. The van der Waals surface area contributed by atoms with Gasteiger partial charge in [-0.1, -0.05) is 13.5 Å². The average molecular weight is 276 g/mol. The summed E-state index contributed by atoms with van der Waals surface area (Å²) in [5, 5.41) is 0. The van der Waals surface area contributed by atoms with Gasteiger partial charge in [0.1, 0.15) is 5.75 Å². The van der Waals surface area contributed by atoms with Crippen molar-refractivity contribution in [1.82, 2.24) is 0 Å². The molecule has 0 fully saturated rings. The molecule has 0 N–H and O–H groups in total. The molecule has 1 rings (SSSR count). The van der Waals surface area contributed by atoms with E-state index in [9.17, 15) is 9.59 Å². The molecule has 108 valence electrons. The number of aryl methyl sites for hydroxylation is 1. The van der Waals surface area contributed by atoms with E-state index in [1.165, 1.54) is 6.92 Å². The lowest BCUT2D eigenvalue weighted by molar-refractivity contribution is -0.158. The fourth-order valence-corrected chi connectivity index (χ4v) is 1.81. The summed E-state index contributed by atoms with van der Waals surface area (Å²) < 4.78 is 10.8. The molecule has 0 saturated heterocycles. The van der Waals surface area contributed by atoms with Crippen LogP contribution in [0.5, 0.6) is 5.75 Å². The Hall–Kier alpha value is -2.10. The Morgan fingerprint density at radius 1 is 1.40 bits per heavy atom. The van der Waals surface area contributed by atoms with Gasteiger partial charge < -0.3 is 9.47 Å². The van der Waals surface area contributed by atoms with Crippen LogP contribution in [0.3, 0.4) is 0 Å². The summed E-state index contributed by atoms with van der Waals surface area (Å²) in [4.78, 5) is 22.6. The van der Waals surface area contributed by atoms with Crippen molar-refractivity contribution in [3.63, 3.8) is 0 Å². The Balaban J connectivity index is 2.83. The first-order valence-electron chi connectivity index (χ1n) is 6.59. The minimum atomic E-state index is -0.645. The molecule has 1 aromatic rings. The molecule has 0 bridgehead atoms. The predicted molar refractivity (Wildman–Crippen MR) is 76.8 cm³/mol. The van der Waals surface area contributed by atoms with Crippen LogP contribution in [0.15, 0.2) is 30.9 Å². The zero-order valence-corrected chi connectivity index (χ0v) is 12.1. The maximum atomic E-state index is 11.4. The van der Waals surface area contributed by atoms with Crippen molar-refractivity contribution in [2.24, 2.45) is 0 Å². The third kappa shape index (κ3) is 4.53. The van der Waals surface area contributed by atoms with E-state index >= 15 is 0 Å². The lowest BCUT2D eigenvalue weighted by Crippen LogP contribution is -2.23. The van der Waals surface area contributed by atoms with Crippen molar-refractivity contribution in [2.75, 3.05) is 0 Å². The Morgan fingerprint density at radius 2 is 2.10 bits per heavy atom. The van der Waals surface area contributed by atoms with Gasteiger partial charge in [-0.3, -0.25) is 4.79 Å². The van der Waals surface area contributed by atoms with Gasteiger partial charge in [0.2, 0.25) is 6.29 Å². The Morgan fingerprint density at radius 3 is 2.60 bits per heavy atom. The molecule has 0 radical (unpaired) electrons. The fourth-order valence-electron chi connectivity index (χ4n) is 1.81. The second-order valence-corrected chi connectivity index (χ2v) is 4.51. The summed E-state index contributed by atoms with van der Waals surface area (Å²) >= 11 is 0. The number of carbonyl (C=O) groups excluding carboxylic acids is 2. The highest BCUT2D eigenvalue weighted by Gasteiger charge is 2.14. The molecule has 0 spiro atoms.